The van der Waals surface area contributed by atoms with Gasteiger partial charge in [-0.3, -0.25) is 9.59 Å². The second-order valence-corrected chi connectivity index (χ2v) is 6.52. The molecule has 1 saturated heterocycles. The highest BCUT2D eigenvalue weighted by molar-refractivity contribution is 6.05. The van der Waals surface area contributed by atoms with Crippen LogP contribution >= 0.6 is 0 Å². The Morgan fingerprint density at radius 3 is 2.58 bits per heavy atom. The Kier molecular flexibility index (Phi) is 4.58. The molecule has 2 aromatic carbocycles. The maximum Gasteiger partial charge on any atom is 0.255 e. The van der Waals surface area contributed by atoms with E-state index >= 15 is 0 Å². The first-order valence-electron chi connectivity index (χ1n) is 8.86. The van der Waals surface area contributed by atoms with Crippen LogP contribution in [0.2, 0.25) is 0 Å². The van der Waals surface area contributed by atoms with E-state index in [2.05, 4.69) is 15.5 Å². The van der Waals surface area contributed by atoms with Gasteiger partial charge in [0.1, 0.15) is 0 Å². The van der Waals surface area contributed by atoms with Crippen molar-refractivity contribution in [3.8, 4) is 0 Å². The predicted molar refractivity (Wildman–Crippen MR) is 101 cm³/mol. The van der Waals surface area contributed by atoms with Gasteiger partial charge in [-0.25, -0.2) is 0 Å². The molecule has 0 spiro atoms. The van der Waals surface area contributed by atoms with Crippen LogP contribution in [-0.4, -0.2) is 38.1 Å². The van der Waals surface area contributed by atoms with E-state index in [-0.39, 0.29) is 11.8 Å². The third kappa shape index (κ3) is 3.55. The van der Waals surface area contributed by atoms with Crippen molar-refractivity contribution in [3.05, 3.63) is 53.6 Å². The quantitative estimate of drug-likeness (QED) is 0.892. The van der Waals surface area contributed by atoms with Crippen molar-refractivity contribution in [1.29, 1.82) is 0 Å². The van der Waals surface area contributed by atoms with Crippen LogP contribution in [0.4, 0.5) is 17.1 Å². The van der Waals surface area contributed by atoms with Gasteiger partial charge in [-0.15, -0.1) is 0 Å². The number of nitrogens with zero attached hydrogens (tertiary/aromatic N) is 1. The Hall–Kier alpha value is -2.86. The van der Waals surface area contributed by atoms with E-state index < -0.39 is 0 Å². The van der Waals surface area contributed by atoms with Gasteiger partial charge in [-0.1, -0.05) is 0 Å². The molecule has 2 aliphatic rings. The van der Waals surface area contributed by atoms with Crippen molar-refractivity contribution in [2.75, 3.05) is 41.8 Å². The number of rotatable bonds is 3. The SMILES string of the molecule is O=C1CCc2cc(C(=O)Nc3ccc(N4CCOCC4)cc3)ccc2N1. The number of benzene rings is 2. The van der Waals surface area contributed by atoms with Crippen LogP contribution in [0, 0.1) is 0 Å². The Bertz CT molecular complexity index is 827. The molecule has 0 bridgehead atoms. The average molecular weight is 351 g/mol. The number of hydrogen-bond acceptors (Lipinski definition) is 4. The second kappa shape index (κ2) is 7.17. The van der Waals surface area contributed by atoms with Crippen molar-refractivity contribution in [2.24, 2.45) is 0 Å². The maximum absolute atomic E-state index is 12.5. The fourth-order valence-electron chi connectivity index (χ4n) is 3.31. The van der Waals surface area contributed by atoms with E-state index in [9.17, 15) is 9.59 Å². The molecule has 2 N–H and O–H groups in total. The average Bonchev–Trinajstić information content (AvgIpc) is 2.69. The molecule has 134 valence electrons. The van der Waals surface area contributed by atoms with E-state index in [1.54, 1.807) is 12.1 Å². The molecule has 1 fully saturated rings. The van der Waals surface area contributed by atoms with Gasteiger partial charge in [0, 0.05) is 42.1 Å². The normalized spacial score (nSPS) is 16.6. The molecule has 0 saturated carbocycles. The molecule has 6 heteroatoms. The number of amides is 2. The minimum atomic E-state index is -0.149. The summed E-state index contributed by atoms with van der Waals surface area (Å²) in [7, 11) is 0. The van der Waals surface area contributed by atoms with Gasteiger partial charge in [-0.05, 0) is 54.4 Å². The zero-order chi connectivity index (χ0) is 17.9. The molecular weight excluding hydrogens is 330 g/mol. The number of anilines is 3. The van der Waals surface area contributed by atoms with Crippen LogP contribution in [-0.2, 0) is 16.0 Å². The molecule has 2 aliphatic heterocycles. The molecule has 2 heterocycles. The zero-order valence-electron chi connectivity index (χ0n) is 14.5. The fourth-order valence-corrected chi connectivity index (χ4v) is 3.31. The summed E-state index contributed by atoms with van der Waals surface area (Å²) in [5.74, 6) is -0.126. The van der Waals surface area contributed by atoms with E-state index in [4.69, 9.17) is 4.74 Å². The van der Waals surface area contributed by atoms with E-state index in [0.29, 0.717) is 18.4 Å². The summed E-state index contributed by atoms with van der Waals surface area (Å²) in [5.41, 5.74) is 4.29. The van der Waals surface area contributed by atoms with Gasteiger partial charge in [0.15, 0.2) is 0 Å². The molecule has 2 aromatic rings. The van der Waals surface area contributed by atoms with Crippen LogP contribution in [0.3, 0.4) is 0 Å². The van der Waals surface area contributed by atoms with Crippen LogP contribution in [0.15, 0.2) is 42.5 Å². The lowest BCUT2D eigenvalue weighted by molar-refractivity contribution is -0.116. The lowest BCUT2D eigenvalue weighted by Crippen LogP contribution is -2.36. The van der Waals surface area contributed by atoms with Gasteiger partial charge in [0.2, 0.25) is 5.91 Å². The Balaban J connectivity index is 1.44. The van der Waals surface area contributed by atoms with Gasteiger partial charge in [0.05, 0.1) is 13.2 Å². The lowest BCUT2D eigenvalue weighted by Gasteiger charge is -2.28. The first-order valence-corrected chi connectivity index (χ1v) is 8.86. The van der Waals surface area contributed by atoms with Crippen molar-refractivity contribution in [2.45, 2.75) is 12.8 Å². The molecule has 4 rings (SSSR count). The van der Waals surface area contributed by atoms with Crippen LogP contribution < -0.4 is 15.5 Å². The van der Waals surface area contributed by atoms with Crippen LogP contribution in [0.1, 0.15) is 22.3 Å². The van der Waals surface area contributed by atoms with Gasteiger partial charge >= 0.3 is 0 Å². The zero-order valence-corrected chi connectivity index (χ0v) is 14.5. The van der Waals surface area contributed by atoms with Crippen molar-refractivity contribution < 1.29 is 14.3 Å². The second-order valence-electron chi connectivity index (χ2n) is 6.52. The number of aryl methyl sites for hydroxylation is 1. The summed E-state index contributed by atoms with van der Waals surface area (Å²) in [4.78, 5) is 26.2. The van der Waals surface area contributed by atoms with Crippen molar-refractivity contribution in [1.82, 2.24) is 0 Å². The Morgan fingerprint density at radius 2 is 1.81 bits per heavy atom. The summed E-state index contributed by atoms with van der Waals surface area (Å²) in [6, 6.07) is 13.3. The maximum atomic E-state index is 12.5. The minimum absolute atomic E-state index is 0.0232. The number of hydrogen-bond donors (Lipinski definition) is 2. The number of carbonyl (C=O) groups excluding carboxylic acids is 2. The third-order valence-corrected chi connectivity index (χ3v) is 4.76. The predicted octanol–water partition coefficient (Wildman–Crippen LogP) is 2.66. The molecule has 26 heavy (non-hydrogen) atoms. The standard InChI is InChI=1S/C20H21N3O3/c24-19-8-2-14-13-15(1-7-18(14)22-19)20(25)21-16-3-5-17(6-4-16)23-9-11-26-12-10-23/h1,3-7,13H,2,8-12H2,(H,21,25)(H,22,24). The van der Waals surface area contributed by atoms with Crippen molar-refractivity contribution in [3.63, 3.8) is 0 Å². The number of fused-ring (bicyclic) bond motifs is 1. The highest BCUT2D eigenvalue weighted by Gasteiger charge is 2.17. The first kappa shape index (κ1) is 16.6. The Morgan fingerprint density at radius 1 is 1.04 bits per heavy atom. The highest BCUT2D eigenvalue weighted by atomic mass is 16.5. The smallest absolute Gasteiger partial charge is 0.255 e. The molecule has 2 amide bonds. The largest absolute Gasteiger partial charge is 0.378 e. The highest BCUT2D eigenvalue weighted by Crippen LogP contribution is 2.24. The van der Waals surface area contributed by atoms with Crippen LogP contribution in [0.25, 0.3) is 0 Å². The lowest BCUT2D eigenvalue weighted by atomic mass is 10.00. The summed E-state index contributed by atoms with van der Waals surface area (Å²) < 4.78 is 5.37. The number of morpholine rings is 1. The van der Waals surface area contributed by atoms with E-state index in [1.165, 1.54) is 0 Å². The van der Waals surface area contributed by atoms with Crippen molar-refractivity contribution >= 4 is 28.9 Å². The molecule has 6 nitrogen and oxygen atoms in total. The third-order valence-electron chi connectivity index (χ3n) is 4.76. The summed E-state index contributed by atoms with van der Waals surface area (Å²) in [6.45, 7) is 3.27. The van der Waals surface area contributed by atoms with Crippen LogP contribution in [0.5, 0.6) is 0 Å². The molecule has 0 aliphatic carbocycles. The molecule has 0 radical (unpaired) electrons. The van der Waals surface area contributed by atoms with Gasteiger partial charge in [-0.2, -0.15) is 0 Å². The Labute approximate surface area is 152 Å². The first-order chi connectivity index (χ1) is 12.7. The topological polar surface area (TPSA) is 70.7 Å². The summed E-state index contributed by atoms with van der Waals surface area (Å²) in [6.07, 6.45) is 1.12. The van der Waals surface area contributed by atoms with E-state index in [0.717, 1.165) is 48.9 Å². The number of carbonyl (C=O) groups is 2. The number of ether oxygens (including phenoxy) is 1. The monoisotopic (exact) mass is 351 g/mol. The molecule has 0 aromatic heterocycles. The molecule has 0 unspecified atom stereocenters. The summed E-state index contributed by atoms with van der Waals surface area (Å²) >= 11 is 0. The van der Waals surface area contributed by atoms with E-state index in [1.807, 2.05) is 30.3 Å². The number of nitrogens with one attached hydrogen (secondary N) is 2. The summed E-state index contributed by atoms with van der Waals surface area (Å²) in [5, 5.41) is 5.76. The van der Waals surface area contributed by atoms with Gasteiger partial charge < -0.3 is 20.3 Å². The molecule has 0 atom stereocenters. The fraction of sp³-hybridized carbons (Fsp3) is 0.300. The van der Waals surface area contributed by atoms with Gasteiger partial charge in [0.25, 0.3) is 5.91 Å². The minimum Gasteiger partial charge on any atom is -0.378 e. The molecular formula is C20H21N3O3.